The van der Waals surface area contributed by atoms with Gasteiger partial charge in [0.2, 0.25) is 0 Å². The average molecular weight is 184 g/mol. The summed E-state index contributed by atoms with van der Waals surface area (Å²) < 4.78 is 5.55. The van der Waals surface area contributed by atoms with Crippen LogP contribution in [-0.2, 0) is 4.74 Å². The largest absolute Gasteiger partial charge is 0.379 e. The minimum absolute atomic E-state index is 0.324. The molecule has 2 saturated heterocycles. The number of nitrogens with one attached hydrogen (secondary N) is 1. The molecule has 0 bridgehead atoms. The zero-order chi connectivity index (χ0) is 9.47. The van der Waals surface area contributed by atoms with E-state index in [0.29, 0.717) is 11.5 Å². The summed E-state index contributed by atoms with van der Waals surface area (Å²) in [6.45, 7) is 8.69. The van der Waals surface area contributed by atoms with Crippen molar-refractivity contribution in [2.75, 3.05) is 33.4 Å². The van der Waals surface area contributed by atoms with Crippen LogP contribution in [0.4, 0.5) is 0 Å². The van der Waals surface area contributed by atoms with Crippen molar-refractivity contribution in [3.63, 3.8) is 0 Å². The molecule has 0 spiro atoms. The molecule has 1 atom stereocenters. The summed E-state index contributed by atoms with van der Waals surface area (Å²) in [4.78, 5) is 2.49. The maximum Gasteiger partial charge on any atom is 0.0628 e. The Morgan fingerprint density at radius 1 is 1.38 bits per heavy atom. The van der Waals surface area contributed by atoms with E-state index in [9.17, 15) is 0 Å². The highest BCUT2D eigenvalue weighted by atomic mass is 16.5. The van der Waals surface area contributed by atoms with Crippen LogP contribution in [0, 0.1) is 5.41 Å². The van der Waals surface area contributed by atoms with Crippen molar-refractivity contribution in [3.8, 4) is 0 Å². The smallest absolute Gasteiger partial charge is 0.0628 e. The summed E-state index contributed by atoms with van der Waals surface area (Å²) in [7, 11) is 2.23. The van der Waals surface area contributed by atoms with Crippen LogP contribution >= 0.6 is 0 Å². The lowest BCUT2D eigenvalue weighted by molar-refractivity contribution is 0.0793. The second-order valence-electron chi connectivity index (χ2n) is 5.00. The number of nitrogens with zero attached hydrogens (tertiary/aromatic N) is 1. The van der Waals surface area contributed by atoms with E-state index in [0.717, 1.165) is 32.3 Å². The van der Waals surface area contributed by atoms with Gasteiger partial charge < -0.3 is 10.1 Å². The monoisotopic (exact) mass is 184 g/mol. The van der Waals surface area contributed by atoms with Crippen molar-refractivity contribution < 1.29 is 4.74 Å². The average Bonchev–Trinajstić information content (AvgIpc) is 2.25. The van der Waals surface area contributed by atoms with Gasteiger partial charge in [-0.2, -0.15) is 0 Å². The topological polar surface area (TPSA) is 24.5 Å². The van der Waals surface area contributed by atoms with E-state index in [1.807, 2.05) is 0 Å². The standard InChI is InChI=1S/C10H20N2O/c1-10(2)7-13-6-9(10)12(3)8-4-11-5-8/h8-9,11H,4-7H2,1-3H3. The van der Waals surface area contributed by atoms with Crippen LogP contribution in [0.1, 0.15) is 13.8 Å². The maximum atomic E-state index is 5.55. The quantitative estimate of drug-likeness (QED) is 0.668. The molecule has 0 aromatic rings. The summed E-state index contributed by atoms with van der Waals surface area (Å²) in [5.41, 5.74) is 0.324. The lowest BCUT2D eigenvalue weighted by Crippen LogP contribution is -2.60. The third kappa shape index (κ3) is 1.60. The molecule has 2 rings (SSSR count). The molecule has 0 aromatic carbocycles. The Balaban J connectivity index is 1.98. The fourth-order valence-corrected chi connectivity index (χ4v) is 2.24. The fraction of sp³-hybridized carbons (Fsp3) is 1.00. The van der Waals surface area contributed by atoms with Crippen LogP contribution < -0.4 is 5.32 Å². The molecule has 1 unspecified atom stereocenters. The van der Waals surface area contributed by atoms with Crippen LogP contribution in [0.5, 0.6) is 0 Å². The van der Waals surface area contributed by atoms with Crippen LogP contribution in [-0.4, -0.2) is 50.3 Å². The van der Waals surface area contributed by atoms with Gasteiger partial charge in [-0.3, -0.25) is 4.90 Å². The van der Waals surface area contributed by atoms with E-state index in [1.54, 1.807) is 0 Å². The molecule has 13 heavy (non-hydrogen) atoms. The normalized spacial score (nSPS) is 33.7. The Morgan fingerprint density at radius 3 is 2.46 bits per heavy atom. The van der Waals surface area contributed by atoms with Crippen molar-refractivity contribution >= 4 is 0 Å². The summed E-state index contributed by atoms with van der Waals surface area (Å²) in [5.74, 6) is 0. The molecule has 0 radical (unpaired) electrons. The predicted octanol–water partition coefficient (Wildman–Crippen LogP) is 0.315. The molecule has 1 N–H and O–H groups in total. The molecule has 76 valence electrons. The molecule has 0 aliphatic carbocycles. The number of hydrogen-bond acceptors (Lipinski definition) is 3. The lowest BCUT2D eigenvalue weighted by atomic mass is 9.86. The molecule has 3 nitrogen and oxygen atoms in total. The molecular formula is C10H20N2O. The van der Waals surface area contributed by atoms with Gasteiger partial charge in [0.15, 0.2) is 0 Å². The second-order valence-corrected chi connectivity index (χ2v) is 5.00. The second kappa shape index (κ2) is 3.23. The van der Waals surface area contributed by atoms with Crippen LogP contribution in [0.15, 0.2) is 0 Å². The first-order valence-corrected chi connectivity index (χ1v) is 5.12. The van der Waals surface area contributed by atoms with Gasteiger partial charge in [0.05, 0.1) is 13.2 Å². The highest BCUT2D eigenvalue weighted by molar-refractivity contribution is 4.95. The Hall–Kier alpha value is -0.120. The molecule has 0 aromatic heterocycles. The third-order valence-electron chi connectivity index (χ3n) is 3.48. The van der Waals surface area contributed by atoms with Crippen molar-refractivity contribution in [1.29, 1.82) is 0 Å². The summed E-state index contributed by atoms with van der Waals surface area (Å²) in [5, 5.41) is 3.31. The van der Waals surface area contributed by atoms with Gasteiger partial charge in [-0.25, -0.2) is 0 Å². The predicted molar refractivity (Wildman–Crippen MR) is 52.8 cm³/mol. The molecule has 2 heterocycles. The van der Waals surface area contributed by atoms with Crippen molar-refractivity contribution in [2.24, 2.45) is 5.41 Å². The Labute approximate surface area is 80.4 Å². The molecular weight excluding hydrogens is 164 g/mol. The van der Waals surface area contributed by atoms with Crippen LogP contribution in [0.2, 0.25) is 0 Å². The number of likely N-dealkylation sites (N-methyl/N-ethyl adjacent to an activating group) is 1. The number of hydrogen-bond donors (Lipinski definition) is 1. The SMILES string of the molecule is CN(C1CNC1)C1COCC1(C)C. The zero-order valence-corrected chi connectivity index (χ0v) is 8.84. The zero-order valence-electron chi connectivity index (χ0n) is 8.84. The number of ether oxygens (including phenoxy) is 1. The molecule has 2 aliphatic rings. The Morgan fingerprint density at radius 2 is 2.08 bits per heavy atom. The van der Waals surface area contributed by atoms with Crippen molar-refractivity contribution in [2.45, 2.75) is 25.9 Å². The highest BCUT2D eigenvalue weighted by Gasteiger charge is 2.41. The molecule has 0 amide bonds. The number of rotatable bonds is 2. The van der Waals surface area contributed by atoms with E-state index in [-0.39, 0.29) is 0 Å². The van der Waals surface area contributed by atoms with E-state index in [2.05, 4.69) is 31.1 Å². The van der Waals surface area contributed by atoms with Crippen LogP contribution in [0.3, 0.4) is 0 Å². The van der Waals surface area contributed by atoms with Crippen molar-refractivity contribution in [1.82, 2.24) is 10.2 Å². The molecule has 3 heteroatoms. The van der Waals surface area contributed by atoms with E-state index in [4.69, 9.17) is 4.74 Å². The van der Waals surface area contributed by atoms with E-state index < -0.39 is 0 Å². The Bertz CT molecular complexity index is 189. The third-order valence-corrected chi connectivity index (χ3v) is 3.48. The van der Waals surface area contributed by atoms with Gasteiger partial charge >= 0.3 is 0 Å². The minimum atomic E-state index is 0.324. The van der Waals surface area contributed by atoms with E-state index >= 15 is 0 Å². The summed E-state index contributed by atoms with van der Waals surface area (Å²) in [6, 6.07) is 1.32. The van der Waals surface area contributed by atoms with Gasteiger partial charge in [0, 0.05) is 30.6 Å². The first-order chi connectivity index (χ1) is 6.11. The minimum Gasteiger partial charge on any atom is -0.379 e. The Kier molecular flexibility index (Phi) is 2.34. The summed E-state index contributed by atoms with van der Waals surface area (Å²) in [6.07, 6.45) is 0. The van der Waals surface area contributed by atoms with E-state index in [1.165, 1.54) is 0 Å². The lowest BCUT2D eigenvalue weighted by Gasteiger charge is -2.42. The molecule has 2 aliphatic heterocycles. The first-order valence-electron chi connectivity index (χ1n) is 5.12. The van der Waals surface area contributed by atoms with Gasteiger partial charge in [0.25, 0.3) is 0 Å². The first kappa shape index (κ1) is 9.44. The summed E-state index contributed by atoms with van der Waals surface area (Å²) >= 11 is 0. The molecule has 2 fully saturated rings. The van der Waals surface area contributed by atoms with Crippen molar-refractivity contribution in [3.05, 3.63) is 0 Å². The van der Waals surface area contributed by atoms with Crippen LogP contribution in [0.25, 0.3) is 0 Å². The maximum absolute atomic E-state index is 5.55. The van der Waals surface area contributed by atoms with Gasteiger partial charge in [0.1, 0.15) is 0 Å². The molecule has 0 saturated carbocycles. The van der Waals surface area contributed by atoms with Gasteiger partial charge in [-0.15, -0.1) is 0 Å². The van der Waals surface area contributed by atoms with Gasteiger partial charge in [-0.1, -0.05) is 13.8 Å². The fourth-order valence-electron chi connectivity index (χ4n) is 2.24. The van der Waals surface area contributed by atoms with Gasteiger partial charge in [-0.05, 0) is 7.05 Å². The highest BCUT2D eigenvalue weighted by Crippen LogP contribution is 2.32.